The van der Waals surface area contributed by atoms with E-state index in [-0.39, 0.29) is 11.5 Å². The van der Waals surface area contributed by atoms with Crippen LogP contribution in [0.15, 0.2) is 64.9 Å². The number of hydrogen-bond donors (Lipinski definition) is 1. The predicted octanol–water partition coefficient (Wildman–Crippen LogP) is 4.91. The maximum atomic E-state index is 12.7. The largest absolute Gasteiger partial charge is 0.462 e. The van der Waals surface area contributed by atoms with Gasteiger partial charge in [-0.2, -0.15) is 0 Å². The highest BCUT2D eigenvalue weighted by Gasteiger charge is 2.20. The number of carbonyl (C=O) groups excluding carboxylic acids is 1. The van der Waals surface area contributed by atoms with Crippen LogP contribution in [0.1, 0.15) is 20.8 Å². The van der Waals surface area contributed by atoms with E-state index >= 15 is 0 Å². The van der Waals surface area contributed by atoms with Gasteiger partial charge in [-0.25, -0.2) is 13.2 Å². The number of benzene rings is 2. The lowest BCUT2D eigenvalue weighted by Crippen LogP contribution is -2.15. The molecule has 8 heteroatoms. The van der Waals surface area contributed by atoms with Gasteiger partial charge in [0.05, 0.1) is 22.8 Å². The Morgan fingerprint density at radius 1 is 1.11 bits per heavy atom. The lowest BCUT2D eigenvalue weighted by atomic mass is 10.2. The van der Waals surface area contributed by atoms with Crippen molar-refractivity contribution in [2.24, 2.45) is 0 Å². The first kappa shape index (κ1) is 20.4. The molecular weight excluding hydrogens is 418 g/mol. The van der Waals surface area contributed by atoms with Gasteiger partial charge in [-0.1, -0.05) is 35.9 Å². The fourth-order valence-electron chi connectivity index (χ4n) is 2.60. The highest BCUT2D eigenvalue weighted by atomic mass is 35.5. The van der Waals surface area contributed by atoms with E-state index in [1.165, 1.54) is 17.4 Å². The third kappa shape index (κ3) is 4.73. The Labute approximate surface area is 173 Å². The number of rotatable bonds is 7. The fourth-order valence-corrected chi connectivity index (χ4v) is 5.07. The summed E-state index contributed by atoms with van der Waals surface area (Å²) >= 11 is 7.44. The summed E-state index contributed by atoms with van der Waals surface area (Å²) in [6, 6.07) is 15.2. The molecule has 28 heavy (non-hydrogen) atoms. The van der Waals surface area contributed by atoms with Gasteiger partial charge in [0.1, 0.15) is 0 Å². The fraction of sp³-hybridized carbons (Fsp3) is 0.150. The van der Waals surface area contributed by atoms with Gasteiger partial charge < -0.3 is 4.74 Å². The minimum atomic E-state index is -3.78. The Bertz CT molecular complexity index is 1080. The number of halogens is 1. The first-order valence-corrected chi connectivity index (χ1v) is 11.2. The zero-order valence-corrected chi connectivity index (χ0v) is 17.4. The molecule has 0 spiro atoms. The molecule has 0 unspecified atom stereocenters. The van der Waals surface area contributed by atoms with E-state index in [0.717, 1.165) is 4.88 Å². The lowest BCUT2D eigenvalue weighted by Gasteiger charge is -2.12. The second-order valence-corrected chi connectivity index (χ2v) is 9.04. The van der Waals surface area contributed by atoms with Gasteiger partial charge in [0.2, 0.25) is 0 Å². The van der Waals surface area contributed by atoms with Crippen LogP contribution in [-0.2, 0) is 21.2 Å². The molecule has 0 fully saturated rings. The molecule has 0 radical (unpaired) electrons. The van der Waals surface area contributed by atoms with E-state index < -0.39 is 16.0 Å². The van der Waals surface area contributed by atoms with Crippen LogP contribution in [0, 0.1) is 6.92 Å². The second kappa shape index (κ2) is 8.77. The number of sulfonamides is 1. The molecule has 1 heterocycles. The SMILES string of the molecule is Cc1c(Cl)cccc1S(=O)(=O)Nc1ccsc1CCOC(=O)c1ccccc1. The van der Waals surface area contributed by atoms with E-state index in [2.05, 4.69) is 4.72 Å². The normalized spacial score (nSPS) is 11.2. The van der Waals surface area contributed by atoms with E-state index in [1.807, 2.05) is 6.07 Å². The molecule has 2 aromatic carbocycles. The Morgan fingerprint density at radius 3 is 2.61 bits per heavy atom. The summed E-state index contributed by atoms with van der Waals surface area (Å²) in [6.07, 6.45) is 0.405. The van der Waals surface area contributed by atoms with Crippen molar-refractivity contribution < 1.29 is 17.9 Å². The third-order valence-corrected chi connectivity index (χ3v) is 6.97. The van der Waals surface area contributed by atoms with E-state index in [0.29, 0.717) is 28.3 Å². The monoisotopic (exact) mass is 435 g/mol. The van der Waals surface area contributed by atoms with Crippen LogP contribution in [0.4, 0.5) is 5.69 Å². The number of hydrogen-bond acceptors (Lipinski definition) is 5. The molecule has 1 N–H and O–H groups in total. The first-order chi connectivity index (χ1) is 13.4. The summed E-state index contributed by atoms with van der Waals surface area (Å²) in [7, 11) is -3.78. The van der Waals surface area contributed by atoms with Gasteiger partial charge >= 0.3 is 5.97 Å². The van der Waals surface area contributed by atoms with Crippen LogP contribution in [0.25, 0.3) is 0 Å². The topological polar surface area (TPSA) is 72.5 Å². The molecule has 3 aromatic rings. The van der Waals surface area contributed by atoms with Crippen molar-refractivity contribution in [1.29, 1.82) is 0 Å². The highest BCUT2D eigenvalue weighted by Crippen LogP contribution is 2.28. The molecule has 5 nitrogen and oxygen atoms in total. The highest BCUT2D eigenvalue weighted by molar-refractivity contribution is 7.92. The molecule has 0 aliphatic carbocycles. The van der Waals surface area contributed by atoms with Crippen molar-refractivity contribution in [3.8, 4) is 0 Å². The van der Waals surface area contributed by atoms with Gasteiger partial charge in [0.15, 0.2) is 0 Å². The molecule has 0 atom stereocenters. The molecule has 1 aromatic heterocycles. The van der Waals surface area contributed by atoms with Crippen LogP contribution in [0.2, 0.25) is 5.02 Å². The minimum absolute atomic E-state index is 0.132. The van der Waals surface area contributed by atoms with Gasteiger partial charge in [-0.3, -0.25) is 4.72 Å². The molecule has 0 amide bonds. The van der Waals surface area contributed by atoms with E-state index in [1.54, 1.807) is 54.8 Å². The quantitative estimate of drug-likeness (QED) is 0.535. The lowest BCUT2D eigenvalue weighted by molar-refractivity contribution is 0.0510. The smallest absolute Gasteiger partial charge is 0.338 e. The maximum Gasteiger partial charge on any atom is 0.338 e. The number of nitrogens with one attached hydrogen (secondary N) is 1. The van der Waals surface area contributed by atoms with Crippen LogP contribution < -0.4 is 4.72 Å². The Balaban J connectivity index is 1.67. The summed E-state index contributed by atoms with van der Waals surface area (Å²) in [4.78, 5) is 12.9. The number of carbonyl (C=O) groups is 1. The zero-order valence-electron chi connectivity index (χ0n) is 15.0. The van der Waals surface area contributed by atoms with Crippen molar-refractivity contribution in [2.75, 3.05) is 11.3 Å². The number of anilines is 1. The molecular formula is C20H18ClNO4S2. The first-order valence-electron chi connectivity index (χ1n) is 8.45. The number of ether oxygens (including phenoxy) is 1. The van der Waals surface area contributed by atoms with Crippen molar-refractivity contribution in [2.45, 2.75) is 18.2 Å². The zero-order chi connectivity index (χ0) is 20.1. The Hall–Kier alpha value is -2.35. The van der Waals surface area contributed by atoms with Crippen LogP contribution in [0.5, 0.6) is 0 Å². The molecule has 0 aliphatic heterocycles. The van der Waals surface area contributed by atoms with Crippen molar-refractivity contribution in [1.82, 2.24) is 0 Å². The summed E-state index contributed by atoms with van der Waals surface area (Å²) in [5.41, 5.74) is 1.44. The summed E-state index contributed by atoms with van der Waals surface area (Å²) in [5, 5.41) is 2.18. The van der Waals surface area contributed by atoms with Crippen molar-refractivity contribution in [3.05, 3.63) is 81.0 Å². The number of thiophene rings is 1. The molecule has 146 valence electrons. The predicted molar refractivity (Wildman–Crippen MR) is 112 cm³/mol. The van der Waals surface area contributed by atoms with Crippen molar-refractivity contribution >= 4 is 44.6 Å². The minimum Gasteiger partial charge on any atom is -0.462 e. The van der Waals surface area contributed by atoms with E-state index in [9.17, 15) is 13.2 Å². The Morgan fingerprint density at radius 2 is 1.86 bits per heavy atom. The molecule has 0 saturated heterocycles. The average Bonchev–Trinajstić information content (AvgIpc) is 3.10. The third-order valence-electron chi connectivity index (χ3n) is 4.07. The standard InChI is InChI=1S/C20H18ClNO4S2/c1-14-16(21)8-5-9-19(14)28(24,25)22-17-11-13-27-18(17)10-12-26-20(23)15-6-3-2-4-7-15/h2-9,11,13,22H,10,12H2,1H3. The Kier molecular flexibility index (Phi) is 6.39. The number of esters is 1. The molecule has 0 saturated carbocycles. The molecule has 3 rings (SSSR count). The van der Waals surface area contributed by atoms with Crippen molar-refractivity contribution in [3.63, 3.8) is 0 Å². The maximum absolute atomic E-state index is 12.7. The van der Waals surface area contributed by atoms with Gasteiger partial charge in [0.25, 0.3) is 10.0 Å². The van der Waals surface area contributed by atoms with Gasteiger partial charge in [-0.05, 0) is 48.2 Å². The van der Waals surface area contributed by atoms with E-state index in [4.69, 9.17) is 16.3 Å². The summed E-state index contributed by atoms with van der Waals surface area (Å²) in [5.74, 6) is -0.408. The summed E-state index contributed by atoms with van der Waals surface area (Å²) in [6.45, 7) is 1.81. The average molecular weight is 436 g/mol. The van der Waals surface area contributed by atoms with Crippen LogP contribution in [0.3, 0.4) is 0 Å². The summed E-state index contributed by atoms with van der Waals surface area (Å²) < 4.78 is 33.4. The molecule has 0 aliphatic rings. The van der Waals surface area contributed by atoms with Gasteiger partial charge in [-0.15, -0.1) is 11.3 Å². The van der Waals surface area contributed by atoms with Crippen LogP contribution >= 0.6 is 22.9 Å². The van der Waals surface area contributed by atoms with Crippen LogP contribution in [-0.4, -0.2) is 21.0 Å². The van der Waals surface area contributed by atoms with Gasteiger partial charge in [0, 0.05) is 16.3 Å². The molecule has 0 bridgehead atoms. The second-order valence-electron chi connectivity index (χ2n) is 5.98.